The molecule has 0 aromatic heterocycles. The Kier molecular flexibility index (Phi) is 14.0. The van der Waals surface area contributed by atoms with E-state index in [1.165, 1.54) is 18.4 Å². The van der Waals surface area contributed by atoms with Gasteiger partial charge in [-0.15, -0.1) is 0 Å². The molecule has 0 fully saturated rings. The fourth-order valence-electron chi connectivity index (χ4n) is 3.66. The van der Waals surface area contributed by atoms with Gasteiger partial charge in [-0.3, -0.25) is 0 Å². The summed E-state index contributed by atoms with van der Waals surface area (Å²) in [5.41, 5.74) is 5.30. The summed E-state index contributed by atoms with van der Waals surface area (Å²) >= 11 is 0. The minimum absolute atomic E-state index is 0.0135. The Bertz CT molecular complexity index is 1120. The summed E-state index contributed by atoms with van der Waals surface area (Å²) in [5, 5.41) is 19.7. The van der Waals surface area contributed by atoms with Crippen molar-refractivity contribution in [3.63, 3.8) is 0 Å². The third-order valence-corrected chi connectivity index (χ3v) is 6.29. The van der Waals surface area contributed by atoms with Crippen molar-refractivity contribution < 1.29 is 14.9 Å². The first-order chi connectivity index (χ1) is 18.4. The predicted octanol–water partition coefficient (Wildman–Crippen LogP) is 7.68. The maximum absolute atomic E-state index is 9.89. The molecule has 4 heteroatoms. The lowest BCUT2D eigenvalue weighted by atomic mass is 9.94. The summed E-state index contributed by atoms with van der Waals surface area (Å²) in [4.78, 5) is 2.10. The van der Waals surface area contributed by atoms with Crippen molar-refractivity contribution >= 4 is 5.57 Å². The standard InChI is InChI=1S/C30H35NO3.C4H10/c1-23-8-16-28(33)17-15-25(23)13-14-26(30-7-5-4-6-27(30)22-32)12-9-24-10-18-29(19-11-24)34-21-20-31(2)3;1-3-4-2/h4-8,10-19,25,32-33H,9,20-22H2,1-3H3;3-4H2,1-2H3/b14-13-,26-12-;. The molecule has 0 radical (unpaired) electrons. The number of aliphatic hydroxyl groups excluding tert-OH is 2. The number of nitrogens with zero attached hydrogens (tertiary/aromatic N) is 1. The highest BCUT2D eigenvalue weighted by Gasteiger charge is 2.09. The van der Waals surface area contributed by atoms with Crippen LogP contribution in [0.5, 0.6) is 5.75 Å². The van der Waals surface area contributed by atoms with Crippen molar-refractivity contribution in [3.8, 4) is 5.75 Å². The van der Waals surface area contributed by atoms with E-state index >= 15 is 0 Å². The average Bonchev–Trinajstić information content (AvgIpc) is 3.09. The van der Waals surface area contributed by atoms with Crippen LogP contribution in [0.1, 0.15) is 50.3 Å². The molecule has 0 aliphatic heterocycles. The van der Waals surface area contributed by atoms with Crippen LogP contribution in [0.25, 0.3) is 5.57 Å². The van der Waals surface area contributed by atoms with Gasteiger partial charge >= 0.3 is 0 Å². The second-order valence-corrected chi connectivity index (χ2v) is 9.72. The minimum Gasteiger partial charge on any atom is -0.508 e. The van der Waals surface area contributed by atoms with E-state index in [1.807, 2.05) is 62.6 Å². The molecule has 4 nitrogen and oxygen atoms in total. The van der Waals surface area contributed by atoms with E-state index in [9.17, 15) is 10.2 Å². The van der Waals surface area contributed by atoms with Crippen molar-refractivity contribution in [2.45, 2.75) is 46.6 Å². The molecule has 2 N–H and O–H groups in total. The van der Waals surface area contributed by atoms with Crippen LogP contribution in [0.4, 0.5) is 0 Å². The van der Waals surface area contributed by atoms with E-state index in [4.69, 9.17) is 4.74 Å². The van der Waals surface area contributed by atoms with Gasteiger partial charge in [0.1, 0.15) is 18.1 Å². The van der Waals surface area contributed by atoms with Gasteiger partial charge in [0.05, 0.1) is 6.61 Å². The topological polar surface area (TPSA) is 52.9 Å². The molecule has 0 amide bonds. The van der Waals surface area contributed by atoms with Crippen molar-refractivity contribution in [3.05, 3.63) is 119 Å². The van der Waals surface area contributed by atoms with Gasteiger partial charge in [-0.05, 0) is 74.0 Å². The summed E-state index contributed by atoms with van der Waals surface area (Å²) in [6.07, 6.45) is 17.2. The zero-order valence-electron chi connectivity index (χ0n) is 23.7. The molecule has 3 rings (SSSR count). The van der Waals surface area contributed by atoms with Gasteiger partial charge in [-0.25, -0.2) is 0 Å². The summed E-state index contributed by atoms with van der Waals surface area (Å²) in [7, 11) is 4.06. The van der Waals surface area contributed by atoms with Crippen LogP contribution in [-0.2, 0) is 13.0 Å². The maximum Gasteiger partial charge on any atom is 0.119 e. The van der Waals surface area contributed by atoms with Crippen LogP contribution in [0, 0.1) is 5.92 Å². The normalized spacial score (nSPS) is 15.6. The van der Waals surface area contributed by atoms with E-state index in [2.05, 4.69) is 56.0 Å². The van der Waals surface area contributed by atoms with Crippen LogP contribution in [0.3, 0.4) is 0 Å². The molecule has 0 spiro atoms. The number of hydrogen-bond acceptors (Lipinski definition) is 4. The third kappa shape index (κ3) is 11.0. The molecule has 204 valence electrons. The quantitative estimate of drug-likeness (QED) is 0.301. The van der Waals surface area contributed by atoms with E-state index in [1.54, 1.807) is 12.2 Å². The lowest BCUT2D eigenvalue weighted by molar-refractivity contribution is 0.261. The Morgan fingerprint density at radius 1 is 1.00 bits per heavy atom. The number of benzene rings is 2. The van der Waals surface area contributed by atoms with Gasteiger partial charge in [0.25, 0.3) is 0 Å². The van der Waals surface area contributed by atoms with Crippen molar-refractivity contribution in [2.75, 3.05) is 27.2 Å². The minimum atomic E-state index is -0.0135. The van der Waals surface area contributed by atoms with E-state index in [0.717, 1.165) is 41.0 Å². The second kappa shape index (κ2) is 17.2. The van der Waals surface area contributed by atoms with Crippen molar-refractivity contribution in [1.29, 1.82) is 0 Å². The largest absolute Gasteiger partial charge is 0.508 e. The third-order valence-electron chi connectivity index (χ3n) is 6.29. The Morgan fingerprint density at radius 2 is 1.71 bits per heavy atom. The monoisotopic (exact) mass is 515 g/mol. The lowest BCUT2D eigenvalue weighted by Crippen LogP contribution is -2.19. The molecule has 0 saturated carbocycles. The first kappa shape index (κ1) is 30.9. The molecular formula is C34H45NO3. The SMILES string of the molecule is CC1=CC=C(O)C=CC1/C=C\C(=C\Cc1ccc(OCCN(C)C)cc1)c1ccccc1CO.CCCC. The van der Waals surface area contributed by atoms with Gasteiger partial charge < -0.3 is 19.8 Å². The molecule has 0 heterocycles. The van der Waals surface area contributed by atoms with E-state index < -0.39 is 0 Å². The zero-order chi connectivity index (χ0) is 27.8. The number of likely N-dealkylation sites (N-methyl/N-ethyl adjacent to an activating group) is 1. The number of rotatable bonds is 11. The Hall–Kier alpha value is -3.34. The summed E-state index contributed by atoms with van der Waals surface area (Å²) < 4.78 is 5.80. The molecule has 1 unspecified atom stereocenters. The molecular weight excluding hydrogens is 470 g/mol. The molecule has 1 aliphatic rings. The molecule has 0 saturated heterocycles. The van der Waals surface area contributed by atoms with Crippen LogP contribution < -0.4 is 4.74 Å². The highest BCUT2D eigenvalue weighted by molar-refractivity contribution is 5.76. The second-order valence-electron chi connectivity index (χ2n) is 9.72. The Labute approximate surface area is 230 Å². The van der Waals surface area contributed by atoms with Gasteiger partial charge in [0.2, 0.25) is 0 Å². The zero-order valence-corrected chi connectivity index (χ0v) is 23.7. The van der Waals surface area contributed by atoms with Crippen LogP contribution in [0.15, 0.2) is 102 Å². The molecule has 1 aliphatic carbocycles. The van der Waals surface area contributed by atoms with E-state index in [-0.39, 0.29) is 18.3 Å². The van der Waals surface area contributed by atoms with Gasteiger partial charge in [-0.2, -0.15) is 0 Å². The Morgan fingerprint density at radius 3 is 2.37 bits per heavy atom. The number of allylic oxidation sites excluding steroid dienone is 9. The fraction of sp³-hybridized carbons (Fsp3) is 0.353. The number of hydrogen-bond donors (Lipinski definition) is 2. The summed E-state index contributed by atoms with van der Waals surface area (Å²) in [6.45, 7) is 7.95. The number of unbranched alkanes of at least 4 members (excludes halogenated alkanes) is 1. The molecule has 2 aromatic carbocycles. The average molecular weight is 516 g/mol. The molecule has 2 aromatic rings. The summed E-state index contributed by atoms with van der Waals surface area (Å²) in [6, 6.07) is 16.2. The van der Waals surface area contributed by atoms with Crippen LogP contribution >= 0.6 is 0 Å². The lowest BCUT2D eigenvalue weighted by Gasteiger charge is -2.12. The Balaban J connectivity index is 0.00000118. The number of ether oxygens (including phenoxy) is 1. The fourth-order valence-corrected chi connectivity index (χ4v) is 3.66. The molecule has 0 bridgehead atoms. The highest BCUT2D eigenvalue weighted by Crippen LogP contribution is 2.25. The van der Waals surface area contributed by atoms with Gasteiger partial charge in [0.15, 0.2) is 0 Å². The summed E-state index contributed by atoms with van der Waals surface area (Å²) in [5.74, 6) is 1.22. The molecule has 38 heavy (non-hydrogen) atoms. The number of aliphatic hydroxyl groups is 2. The maximum atomic E-state index is 9.89. The van der Waals surface area contributed by atoms with Crippen molar-refractivity contribution in [1.82, 2.24) is 4.90 Å². The predicted molar refractivity (Wildman–Crippen MR) is 161 cm³/mol. The molecule has 1 atom stereocenters. The smallest absolute Gasteiger partial charge is 0.119 e. The van der Waals surface area contributed by atoms with Gasteiger partial charge in [-0.1, -0.05) is 99.0 Å². The van der Waals surface area contributed by atoms with Crippen molar-refractivity contribution in [2.24, 2.45) is 5.92 Å². The highest BCUT2D eigenvalue weighted by atomic mass is 16.5. The first-order valence-corrected chi connectivity index (χ1v) is 13.6. The van der Waals surface area contributed by atoms with Crippen LogP contribution in [0.2, 0.25) is 0 Å². The first-order valence-electron chi connectivity index (χ1n) is 13.6. The van der Waals surface area contributed by atoms with Gasteiger partial charge in [0, 0.05) is 12.5 Å². The van der Waals surface area contributed by atoms with E-state index in [0.29, 0.717) is 6.61 Å². The van der Waals surface area contributed by atoms with Crippen LogP contribution in [-0.4, -0.2) is 42.4 Å².